The van der Waals surface area contributed by atoms with Crippen LogP contribution in [0.3, 0.4) is 0 Å². The number of sulfonamides is 1. The molecule has 43 heavy (non-hydrogen) atoms. The third-order valence-corrected chi connectivity index (χ3v) is 10.0. The molecule has 2 aliphatic heterocycles. The van der Waals surface area contributed by atoms with Gasteiger partial charge in [-0.05, 0) is 52.0 Å². The van der Waals surface area contributed by atoms with E-state index in [4.69, 9.17) is 16.3 Å². The lowest BCUT2D eigenvalue weighted by Gasteiger charge is -2.39. The Bertz CT molecular complexity index is 1800. The van der Waals surface area contributed by atoms with Gasteiger partial charge in [-0.2, -0.15) is 4.31 Å². The number of nitrogens with zero attached hydrogens (tertiary/aromatic N) is 5. The maximum absolute atomic E-state index is 15.4. The topological polar surface area (TPSA) is 143 Å². The number of aliphatic hydroxyl groups excluding tert-OH is 1. The molecule has 11 nitrogen and oxygen atoms in total. The second-order valence-electron chi connectivity index (χ2n) is 11.7. The molecule has 2 fully saturated rings. The molecule has 4 heterocycles. The lowest BCUT2D eigenvalue weighted by atomic mass is 9.97. The fourth-order valence-corrected chi connectivity index (χ4v) is 7.80. The number of ether oxygens (including phenoxy) is 1. The van der Waals surface area contributed by atoms with Gasteiger partial charge in [-0.15, -0.1) is 0 Å². The van der Waals surface area contributed by atoms with Gasteiger partial charge >= 0.3 is 0 Å². The maximum atomic E-state index is 15.4. The second-order valence-corrected chi connectivity index (χ2v) is 13.9. The molecule has 0 saturated carbocycles. The van der Waals surface area contributed by atoms with Crippen LogP contribution >= 0.6 is 11.6 Å². The summed E-state index contributed by atoms with van der Waals surface area (Å²) >= 11 is 6.49. The molecule has 0 amide bonds. The molecule has 228 valence electrons. The number of hydrogen-bond donors (Lipinski definition) is 3. The van der Waals surface area contributed by atoms with Crippen molar-refractivity contribution in [1.29, 1.82) is 0 Å². The minimum atomic E-state index is -3.90. The normalized spacial score (nSPS) is 22.9. The largest absolute Gasteiger partial charge is 0.389 e. The van der Waals surface area contributed by atoms with Gasteiger partial charge in [0.05, 0.1) is 52.1 Å². The van der Waals surface area contributed by atoms with E-state index in [1.165, 1.54) is 28.7 Å². The van der Waals surface area contributed by atoms with Crippen LogP contribution in [-0.4, -0.2) is 73.5 Å². The van der Waals surface area contributed by atoms with Crippen molar-refractivity contribution >= 4 is 38.6 Å². The fraction of sp³-hybridized carbons (Fsp3) is 0.414. The molecule has 0 aliphatic carbocycles. The van der Waals surface area contributed by atoms with Crippen LogP contribution in [0.1, 0.15) is 46.0 Å². The number of piperidine rings is 1. The van der Waals surface area contributed by atoms with Crippen LogP contribution < -0.4 is 5.32 Å². The molecule has 0 radical (unpaired) electrons. The monoisotopic (exact) mass is 630 g/mol. The van der Waals surface area contributed by atoms with Crippen LogP contribution in [0.25, 0.3) is 22.3 Å². The van der Waals surface area contributed by atoms with E-state index in [0.717, 1.165) is 0 Å². The Morgan fingerprint density at radius 1 is 1.19 bits per heavy atom. The summed E-state index contributed by atoms with van der Waals surface area (Å²) in [6, 6.07) is 9.45. The van der Waals surface area contributed by atoms with E-state index in [1.807, 2.05) is 13.8 Å². The number of rotatable bonds is 7. The minimum absolute atomic E-state index is 0.0399. The van der Waals surface area contributed by atoms with Crippen LogP contribution in [0.2, 0.25) is 5.02 Å². The van der Waals surface area contributed by atoms with E-state index in [0.29, 0.717) is 16.9 Å². The van der Waals surface area contributed by atoms with Crippen molar-refractivity contribution < 1.29 is 27.8 Å². The first kappa shape index (κ1) is 29.9. The fourth-order valence-electron chi connectivity index (χ4n) is 5.86. The summed E-state index contributed by atoms with van der Waals surface area (Å²) in [5.74, 6) is -0.147. The Balaban J connectivity index is 1.31. The van der Waals surface area contributed by atoms with Gasteiger partial charge in [0.25, 0.3) is 0 Å². The van der Waals surface area contributed by atoms with Crippen molar-refractivity contribution in [2.75, 3.05) is 11.9 Å². The number of halogens is 2. The van der Waals surface area contributed by atoms with Gasteiger partial charge in [0.15, 0.2) is 5.82 Å². The van der Waals surface area contributed by atoms with Crippen LogP contribution in [0.15, 0.2) is 53.6 Å². The zero-order valence-corrected chi connectivity index (χ0v) is 25.5. The molecular formula is C29H32ClFN6O5S. The van der Waals surface area contributed by atoms with Crippen molar-refractivity contribution in [2.45, 2.75) is 75.1 Å². The molecule has 4 atom stereocenters. The highest BCUT2D eigenvalue weighted by atomic mass is 35.5. The molecule has 4 aromatic rings. The molecule has 14 heteroatoms. The molecule has 0 spiro atoms. The van der Waals surface area contributed by atoms with Crippen molar-refractivity contribution in [3.8, 4) is 11.3 Å². The number of aliphatic hydroxyl groups is 2. The van der Waals surface area contributed by atoms with Crippen LogP contribution in [0.5, 0.6) is 0 Å². The Morgan fingerprint density at radius 3 is 2.58 bits per heavy atom. The smallest absolute Gasteiger partial charge is 0.245 e. The highest BCUT2D eigenvalue weighted by molar-refractivity contribution is 7.89. The first-order valence-electron chi connectivity index (χ1n) is 13.9. The van der Waals surface area contributed by atoms with Crippen LogP contribution in [-0.2, 0) is 20.4 Å². The molecule has 0 unspecified atom stereocenters. The summed E-state index contributed by atoms with van der Waals surface area (Å²) in [6.45, 7) is 7.06. The van der Waals surface area contributed by atoms with Gasteiger partial charge in [0.2, 0.25) is 16.0 Å². The average Bonchev–Trinajstić information content (AvgIpc) is 3.53. The Labute approximate surface area is 253 Å². The van der Waals surface area contributed by atoms with E-state index >= 15 is 4.39 Å². The third kappa shape index (κ3) is 5.17. The van der Waals surface area contributed by atoms with Crippen LogP contribution in [0, 0.1) is 5.82 Å². The molecule has 2 bridgehead atoms. The molecule has 6 rings (SSSR count). The predicted octanol–water partition coefficient (Wildman–Crippen LogP) is 4.06. The van der Waals surface area contributed by atoms with E-state index in [9.17, 15) is 18.6 Å². The van der Waals surface area contributed by atoms with E-state index < -0.39 is 45.9 Å². The lowest BCUT2D eigenvalue weighted by molar-refractivity contribution is 0.0129. The van der Waals surface area contributed by atoms with Gasteiger partial charge in [0, 0.05) is 18.0 Å². The number of hydrogen-bond acceptors (Lipinski definition) is 9. The zero-order valence-electron chi connectivity index (χ0n) is 23.9. The lowest BCUT2D eigenvalue weighted by Crippen LogP contribution is -2.58. The van der Waals surface area contributed by atoms with Gasteiger partial charge in [0.1, 0.15) is 23.2 Å². The zero-order chi connectivity index (χ0) is 30.8. The van der Waals surface area contributed by atoms with Crippen molar-refractivity contribution in [1.82, 2.24) is 23.8 Å². The quantitative estimate of drug-likeness (QED) is 0.276. The third-order valence-electron chi connectivity index (χ3n) is 7.80. The van der Waals surface area contributed by atoms with E-state index in [1.54, 1.807) is 42.7 Å². The second kappa shape index (κ2) is 10.8. The first-order valence-corrected chi connectivity index (χ1v) is 15.7. The Morgan fingerprint density at radius 2 is 1.91 bits per heavy atom. The first-order chi connectivity index (χ1) is 20.3. The SMILES string of the molecule is CC(C)n1c(C(C)(C)O)nc2c(F)cc(-c3nc(N[C@@H]4C[C@H]5OC[C@@H]([C@H]4O)N5S(=O)(=O)c4ccccc4)ncc3Cl)cc21. The number of fused-ring (bicyclic) bond motifs is 3. The average molecular weight is 631 g/mol. The number of nitrogens with one attached hydrogen (secondary N) is 1. The van der Waals surface area contributed by atoms with Gasteiger partial charge in [-0.1, -0.05) is 29.8 Å². The Kier molecular flexibility index (Phi) is 7.47. The summed E-state index contributed by atoms with van der Waals surface area (Å²) in [6.07, 6.45) is -0.406. The van der Waals surface area contributed by atoms with E-state index in [2.05, 4.69) is 20.3 Å². The van der Waals surface area contributed by atoms with Gasteiger partial charge in [-0.3, -0.25) is 0 Å². The number of anilines is 1. The molecule has 3 N–H and O–H groups in total. The summed E-state index contributed by atoms with van der Waals surface area (Å²) < 4.78 is 50.9. The highest BCUT2D eigenvalue weighted by Crippen LogP contribution is 2.38. The summed E-state index contributed by atoms with van der Waals surface area (Å²) in [4.78, 5) is 13.3. The number of aromatic nitrogens is 4. The highest BCUT2D eigenvalue weighted by Gasteiger charge is 2.53. The molecule has 2 aromatic heterocycles. The molecule has 2 aromatic carbocycles. The van der Waals surface area contributed by atoms with Gasteiger partial charge < -0.3 is 24.8 Å². The summed E-state index contributed by atoms with van der Waals surface area (Å²) in [5, 5.41) is 25.2. The van der Waals surface area contributed by atoms with Crippen molar-refractivity contribution in [2.24, 2.45) is 0 Å². The maximum Gasteiger partial charge on any atom is 0.245 e. The number of benzene rings is 2. The minimum Gasteiger partial charge on any atom is -0.389 e. The molecular weight excluding hydrogens is 599 g/mol. The molecule has 2 aliphatic rings. The van der Waals surface area contributed by atoms with E-state index in [-0.39, 0.29) is 46.1 Å². The predicted molar refractivity (Wildman–Crippen MR) is 158 cm³/mol. The standard InChI is InChI=1S/C29H32ClFN6O5S/c1-15(2)36-21-11-16(10-19(31)25(21)34-27(36)29(3,4)39)24-18(30)13-32-28(35-24)33-20-12-23-37(22(14-42-23)26(20)38)43(40,41)17-8-6-5-7-9-17/h5-11,13,15,20,22-23,26,38-39H,12,14H2,1-4H3,(H,32,33,35)/t20-,22+,23-,26+/m1/s1. The van der Waals surface area contributed by atoms with Crippen molar-refractivity contribution in [3.63, 3.8) is 0 Å². The molecule has 2 saturated heterocycles. The van der Waals surface area contributed by atoms with Crippen molar-refractivity contribution in [3.05, 3.63) is 65.3 Å². The number of imidazole rings is 1. The summed E-state index contributed by atoms with van der Waals surface area (Å²) in [7, 11) is -3.90. The Hall–Kier alpha value is -3.20. The van der Waals surface area contributed by atoms with Gasteiger partial charge in [-0.25, -0.2) is 27.8 Å². The van der Waals surface area contributed by atoms with Crippen LogP contribution in [0.4, 0.5) is 10.3 Å². The summed E-state index contributed by atoms with van der Waals surface area (Å²) in [5.41, 5.74) is -0.0905.